The van der Waals surface area contributed by atoms with E-state index in [0.717, 1.165) is 34.7 Å². The molecule has 19 heavy (non-hydrogen) atoms. The summed E-state index contributed by atoms with van der Waals surface area (Å²) in [6, 6.07) is 6.61. The van der Waals surface area contributed by atoms with Gasteiger partial charge in [0.15, 0.2) is 5.78 Å². The Kier molecular flexibility index (Phi) is 4.69. The van der Waals surface area contributed by atoms with Gasteiger partial charge in [-0.25, -0.2) is 0 Å². The summed E-state index contributed by atoms with van der Waals surface area (Å²) in [4.78, 5) is 15.1. The molecule has 1 fully saturated rings. The number of Topliss-reactive ketones (excluding diaryl/α,β-unsaturated/α-hetero) is 1. The second-order valence-electron chi connectivity index (χ2n) is 5.52. The molecule has 1 aromatic rings. The molecule has 0 aromatic heterocycles. The average Bonchev–Trinajstić information content (AvgIpc) is 2.40. The molecule has 2 rings (SSSR count). The molecule has 2 atom stereocenters. The molecule has 104 valence electrons. The monoisotopic (exact) mass is 277 g/mol. The molecule has 2 unspecified atom stereocenters. The van der Waals surface area contributed by atoms with Gasteiger partial charge in [-0.2, -0.15) is 11.8 Å². The Labute approximate surface area is 120 Å². The van der Waals surface area contributed by atoms with Gasteiger partial charge < -0.3 is 0 Å². The molecule has 1 saturated heterocycles. The number of aryl methyl sites for hydroxylation is 2. The van der Waals surface area contributed by atoms with Crippen molar-refractivity contribution in [1.82, 2.24) is 4.90 Å². The topological polar surface area (TPSA) is 20.3 Å². The lowest BCUT2D eigenvalue weighted by Crippen LogP contribution is -2.49. The van der Waals surface area contributed by atoms with E-state index >= 15 is 0 Å². The highest BCUT2D eigenvalue weighted by Crippen LogP contribution is 2.22. The van der Waals surface area contributed by atoms with Crippen molar-refractivity contribution in [2.24, 2.45) is 0 Å². The maximum absolute atomic E-state index is 12.7. The zero-order valence-electron chi connectivity index (χ0n) is 12.3. The van der Waals surface area contributed by atoms with Gasteiger partial charge in [0.1, 0.15) is 0 Å². The first kappa shape index (κ1) is 14.6. The fourth-order valence-corrected chi connectivity index (χ4v) is 3.73. The molecule has 0 aliphatic carbocycles. The molecule has 2 nitrogen and oxygen atoms in total. The van der Waals surface area contributed by atoms with Gasteiger partial charge >= 0.3 is 0 Å². The van der Waals surface area contributed by atoms with E-state index in [0.29, 0.717) is 6.04 Å². The third-order valence-electron chi connectivity index (χ3n) is 3.95. The minimum Gasteiger partial charge on any atom is -0.292 e. The number of thioether (sulfide) groups is 1. The summed E-state index contributed by atoms with van der Waals surface area (Å²) in [6.45, 7) is 9.36. The fraction of sp³-hybridized carbons (Fsp3) is 0.562. The van der Waals surface area contributed by atoms with E-state index in [1.165, 1.54) is 0 Å². The Morgan fingerprint density at radius 2 is 2.16 bits per heavy atom. The predicted molar refractivity (Wildman–Crippen MR) is 83.2 cm³/mol. The number of rotatable bonds is 3. The van der Waals surface area contributed by atoms with Crippen LogP contribution in [0.1, 0.15) is 35.3 Å². The van der Waals surface area contributed by atoms with Crippen LogP contribution in [0.3, 0.4) is 0 Å². The lowest BCUT2D eigenvalue weighted by atomic mass is 9.97. The van der Waals surface area contributed by atoms with Crippen LogP contribution >= 0.6 is 11.8 Å². The lowest BCUT2D eigenvalue weighted by molar-refractivity contribution is 0.0798. The van der Waals surface area contributed by atoms with Crippen LogP contribution in [-0.4, -0.2) is 40.8 Å². The summed E-state index contributed by atoms with van der Waals surface area (Å²) in [5, 5.41) is 0. The lowest BCUT2D eigenvalue weighted by Gasteiger charge is -2.37. The molecule has 0 radical (unpaired) electrons. The largest absolute Gasteiger partial charge is 0.292 e. The maximum atomic E-state index is 12.7. The maximum Gasteiger partial charge on any atom is 0.179 e. The Bertz CT molecular complexity index is 472. The van der Waals surface area contributed by atoms with Crippen molar-refractivity contribution in [2.45, 2.75) is 39.8 Å². The van der Waals surface area contributed by atoms with Crippen LogP contribution in [0.4, 0.5) is 0 Å². The Hall–Kier alpha value is -0.800. The smallest absolute Gasteiger partial charge is 0.179 e. The van der Waals surface area contributed by atoms with Crippen molar-refractivity contribution >= 4 is 17.5 Å². The summed E-state index contributed by atoms with van der Waals surface area (Å²) < 4.78 is 0. The van der Waals surface area contributed by atoms with Gasteiger partial charge in [-0.3, -0.25) is 9.69 Å². The van der Waals surface area contributed by atoms with E-state index in [4.69, 9.17) is 0 Å². The number of hydrogen-bond acceptors (Lipinski definition) is 3. The molecule has 1 aliphatic heterocycles. The van der Waals surface area contributed by atoms with Gasteiger partial charge in [0.25, 0.3) is 0 Å². The molecule has 0 spiro atoms. The standard InChI is InChI=1S/C16H23NOS/c1-11-5-6-12(2)15(9-11)16(18)14(4)17-7-8-19-10-13(17)3/h5-6,9,13-14H,7-8,10H2,1-4H3. The van der Waals surface area contributed by atoms with Gasteiger partial charge in [0, 0.05) is 29.7 Å². The van der Waals surface area contributed by atoms with Crippen LogP contribution in [-0.2, 0) is 0 Å². The summed E-state index contributed by atoms with van der Waals surface area (Å²) in [5.41, 5.74) is 3.13. The summed E-state index contributed by atoms with van der Waals surface area (Å²) in [6.07, 6.45) is 0. The van der Waals surface area contributed by atoms with Crippen molar-refractivity contribution < 1.29 is 4.79 Å². The van der Waals surface area contributed by atoms with E-state index in [1.807, 2.05) is 37.7 Å². The van der Waals surface area contributed by atoms with E-state index in [-0.39, 0.29) is 11.8 Å². The molecule has 1 heterocycles. The van der Waals surface area contributed by atoms with Crippen molar-refractivity contribution in [2.75, 3.05) is 18.1 Å². The molecular formula is C16H23NOS. The molecule has 1 aliphatic rings. The van der Waals surface area contributed by atoms with E-state index in [9.17, 15) is 4.79 Å². The van der Waals surface area contributed by atoms with Crippen molar-refractivity contribution in [3.63, 3.8) is 0 Å². The third kappa shape index (κ3) is 3.21. The fourth-order valence-electron chi connectivity index (χ4n) is 2.69. The number of nitrogens with zero attached hydrogens (tertiary/aromatic N) is 1. The first-order valence-electron chi connectivity index (χ1n) is 6.95. The highest BCUT2D eigenvalue weighted by atomic mass is 32.2. The SMILES string of the molecule is Cc1ccc(C)c(C(=O)C(C)N2CCSCC2C)c1. The van der Waals surface area contributed by atoms with Crippen LogP contribution in [0.25, 0.3) is 0 Å². The predicted octanol–water partition coefficient (Wildman–Crippen LogP) is 3.31. The number of hydrogen-bond donors (Lipinski definition) is 0. The van der Waals surface area contributed by atoms with Crippen molar-refractivity contribution in [3.8, 4) is 0 Å². The molecular weight excluding hydrogens is 254 g/mol. The average molecular weight is 277 g/mol. The van der Waals surface area contributed by atoms with Crippen LogP contribution in [0.2, 0.25) is 0 Å². The molecule has 0 amide bonds. The number of carbonyl (C=O) groups excluding carboxylic acids is 1. The van der Waals surface area contributed by atoms with Gasteiger partial charge in [0.2, 0.25) is 0 Å². The highest BCUT2D eigenvalue weighted by molar-refractivity contribution is 7.99. The second-order valence-corrected chi connectivity index (χ2v) is 6.67. The summed E-state index contributed by atoms with van der Waals surface area (Å²) >= 11 is 1.98. The molecule has 0 N–H and O–H groups in total. The number of ketones is 1. The first-order chi connectivity index (χ1) is 9.00. The third-order valence-corrected chi connectivity index (χ3v) is 5.14. The van der Waals surface area contributed by atoms with Gasteiger partial charge in [-0.1, -0.05) is 17.7 Å². The van der Waals surface area contributed by atoms with Crippen LogP contribution < -0.4 is 0 Å². The first-order valence-corrected chi connectivity index (χ1v) is 8.11. The number of carbonyl (C=O) groups is 1. The molecule has 0 saturated carbocycles. The van der Waals surface area contributed by atoms with E-state index < -0.39 is 0 Å². The minimum atomic E-state index is -0.0172. The summed E-state index contributed by atoms with van der Waals surface area (Å²) in [5.74, 6) is 2.53. The Morgan fingerprint density at radius 1 is 1.42 bits per heavy atom. The van der Waals surface area contributed by atoms with Crippen LogP contribution in [0, 0.1) is 13.8 Å². The molecule has 1 aromatic carbocycles. The van der Waals surface area contributed by atoms with Crippen LogP contribution in [0.5, 0.6) is 0 Å². The van der Waals surface area contributed by atoms with Crippen LogP contribution in [0.15, 0.2) is 18.2 Å². The minimum absolute atomic E-state index is 0.0172. The van der Waals surface area contributed by atoms with E-state index in [1.54, 1.807) is 0 Å². The van der Waals surface area contributed by atoms with E-state index in [2.05, 4.69) is 24.8 Å². The molecule has 0 bridgehead atoms. The highest BCUT2D eigenvalue weighted by Gasteiger charge is 2.29. The normalized spacial score (nSPS) is 22.2. The van der Waals surface area contributed by atoms with Gasteiger partial charge in [-0.15, -0.1) is 0 Å². The summed E-state index contributed by atoms with van der Waals surface area (Å²) in [7, 11) is 0. The van der Waals surface area contributed by atoms with Gasteiger partial charge in [0.05, 0.1) is 6.04 Å². The van der Waals surface area contributed by atoms with Gasteiger partial charge in [-0.05, 0) is 39.3 Å². The Balaban J connectivity index is 2.20. The number of benzene rings is 1. The van der Waals surface area contributed by atoms with Crippen molar-refractivity contribution in [1.29, 1.82) is 0 Å². The van der Waals surface area contributed by atoms with Crippen molar-refractivity contribution in [3.05, 3.63) is 34.9 Å². The Morgan fingerprint density at radius 3 is 2.84 bits per heavy atom. The molecule has 3 heteroatoms. The zero-order valence-corrected chi connectivity index (χ0v) is 13.1. The quantitative estimate of drug-likeness (QED) is 0.791. The second kappa shape index (κ2) is 6.10. The zero-order chi connectivity index (χ0) is 14.0.